The van der Waals surface area contributed by atoms with E-state index in [1.807, 2.05) is 35.8 Å². The van der Waals surface area contributed by atoms with Crippen LogP contribution in [0.3, 0.4) is 0 Å². The average molecular weight is 354 g/mol. The fraction of sp³-hybridized carbons (Fsp3) is 0.300. The van der Waals surface area contributed by atoms with E-state index in [4.69, 9.17) is 9.47 Å². The molecule has 26 heavy (non-hydrogen) atoms. The molecule has 0 amide bonds. The second-order valence-corrected chi connectivity index (χ2v) is 6.01. The first-order chi connectivity index (χ1) is 12.7. The lowest BCUT2D eigenvalue weighted by Crippen LogP contribution is -2.23. The minimum atomic E-state index is -0.679. The number of imidazole rings is 1. The highest BCUT2D eigenvalue weighted by Gasteiger charge is 2.10. The van der Waals surface area contributed by atoms with E-state index in [2.05, 4.69) is 4.98 Å². The van der Waals surface area contributed by atoms with Crippen molar-refractivity contribution in [3.8, 4) is 5.75 Å². The molecule has 2 aromatic carbocycles. The third-order valence-corrected chi connectivity index (χ3v) is 3.90. The maximum absolute atomic E-state index is 11.8. The van der Waals surface area contributed by atoms with Crippen LogP contribution in [0.5, 0.6) is 5.75 Å². The Morgan fingerprint density at radius 3 is 2.73 bits per heavy atom. The van der Waals surface area contributed by atoms with Crippen LogP contribution in [0.1, 0.15) is 23.7 Å². The second kappa shape index (κ2) is 8.49. The summed E-state index contributed by atoms with van der Waals surface area (Å²) in [6, 6.07) is 14.5. The molecule has 1 aromatic heterocycles. The van der Waals surface area contributed by atoms with Crippen molar-refractivity contribution in [3.05, 3.63) is 60.4 Å². The number of para-hydroxylation sites is 2. The smallest absolute Gasteiger partial charge is 0.338 e. The molecule has 0 spiro atoms. The number of carbonyl (C=O) groups excluding carboxylic acids is 1. The van der Waals surface area contributed by atoms with Crippen molar-refractivity contribution in [3.63, 3.8) is 0 Å². The molecule has 1 atom stereocenters. The highest BCUT2D eigenvalue weighted by Crippen LogP contribution is 2.15. The first-order valence-corrected chi connectivity index (χ1v) is 8.65. The maximum atomic E-state index is 11.8. The largest absolute Gasteiger partial charge is 0.491 e. The molecular formula is C20H22N2O4. The summed E-state index contributed by atoms with van der Waals surface area (Å²) in [5.74, 6) is 0.247. The number of aromatic nitrogens is 2. The molecule has 0 aliphatic heterocycles. The molecule has 6 nitrogen and oxygen atoms in total. The molecule has 1 N–H and O–H groups in total. The number of aliphatic hydroxyl groups is 1. The van der Waals surface area contributed by atoms with Crippen molar-refractivity contribution in [1.29, 1.82) is 0 Å². The topological polar surface area (TPSA) is 73.6 Å². The molecule has 0 aliphatic rings. The maximum Gasteiger partial charge on any atom is 0.338 e. The van der Waals surface area contributed by atoms with Crippen molar-refractivity contribution in [2.24, 2.45) is 0 Å². The zero-order valence-electron chi connectivity index (χ0n) is 14.7. The summed E-state index contributed by atoms with van der Waals surface area (Å²) in [6.07, 6.45) is 1.82. The normalized spacial score (nSPS) is 12.1. The van der Waals surface area contributed by atoms with Gasteiger partial charge in [0.15, 0.2) is 0 Å². The Kier molecular flexibility index (Phi) is 5.86. The molecule has 6 heteroatoms. The molecule has 3 rings (SSSR count). The predicted octanol–water partition coefficient (Wildman–Crippen LogP) is 3.04. The third-order valence-electron chi connectivity index (χ3n) is 3.90. The van der Waals surface area contributed by atoms with Crippen LogP contribution in [0.25, 0.3) is 11.0 Å². The molecule has 0 aliphatic carbocycles. The van der Waals surface area contributed by atoms with E-state index >= 15 is 0 Å². The monoisotopic (exact) mass is 354 g/mol. The van der Waals surface area contributed by atoms with Gasteiger partial charge < -0.3 is 19.1 Å². The number of carbonyl (C=O) groups is 1. The molecule has 0 saturated heterocycles. The van der Waals surface area contributed by atoms with Crippen LogP contribution in [-0.4, -0.2) is 39.9 Å². The third kappa shape index (κ3) is 4.40. The van der Waals surface area contributed by atoms with E-state index in [9.17, 15) is 9.90 Å². The van der Waals surface area contributed by atoms with E-state index in [0.29, 0.717) is 24.5 Å². The molecule has 3 aromatic rings. The Morgan fingerprint density at radius 2 is 1.96 bits per heavy atom. The zero-order chi connectivity index (χ0) is 18.4. The average Bonchev–Trinajstić information content (AvgIpc) is 3.08. The minimum absolute atomic E-state index is 0.145. The Bertz CT molecular complexity index is 858. The van der Waals surface area contributed by atoms with Gasteiger partial charge in [0.05, 0.1) is 36.1 Å². The summed E-state index contributed by atoms with van der Waals surface area (Å²) >= 11 is 0. The molecular weight excluding hydrogens is 332 g/mol. The number of hydrogen-bond donors (Lipinski definition) is 1. The van der Waals surface area contributed by atoms with E-state index in [1.165, 1.54) is 0 Å². The van der Waals surface area contributed by atoms with Gasteiger partial charge in [-0.15, -0.1) is 0 Å². The summed E-state index contributed by atoms with van der Waals surface area (Å²) in [5.41, 5.74) is 2.35. The first kappa shape index (κ1) is 17.9. The number of esters is 1. The SMILES string of the molecule is CCCOC(=O)c1ccc(OC[C@H](O)Cn2cnc3ccccc32)cc1. The summed E-state index contributed by atoms with van der Waals surface area (Å²) in [7, 11) is 0. The Labute approximate surface area is 152 Å². The quantitative estimate of drug-likeness (QED) is 0.630. The van der Waals surface area contributed by atoms with Gasteiger partial charge in [-0.05, 0) is 42.8 Å². The molecule has 0 unspecified atom stereocenters. The van der Waals surface area contributed by atoms with Gasteiger partial charge in [-0.3, -0.25) is 0 Å². The Hall–Kier alpha value is -2.86. The number of benzene rings is 2. The number of hydrogen-bond acceptors (Lipinski definition) is 5. The standard InChI is InChI=1S/C20H22N2O4/c1-2-11-25-20(24)15-7-9-17(10-8-15)26-13-16(23)12-22-14-21-18-5-3-4-6-19(18)22/h3-10,14,16,23H,2,11-13H2,1H3/t16-/m1/s1. The lowest BCUT2D eigenvalue weighted by Gasteiger charge is -2.14. The van der Waals surface area contributed by atoms with Crippen LogP contribution in [0.4, 0.5) is 0 Å². The van der Waals surface area contributed by atoms with Crippen molar-refractivity contribution in [1.82, 2.24) is 9.55 Å². The molecule has 136 valence electrons. The van der Waals surface area contributed by atoms with Crippen LogP contribution >= 0.6 is 0 Å². The van der Waals surface area contributed by atoms with Gasteiger partial charge >= 0.3 is 5.97 Å². The predicted molar refractivity (Wildman–Crippen MR) is 98.3 cm³/mol. The molecule has 0 bridgehead atoms. The second-order valence-electron chi connectivity index (χ2n) is 6.01. The summed E-state index contributed by atoms with van der Waals surface area (Å²) in [6.45, 7) is 2.89. The van der Waals surface area contributed by atoms with Crippen molar-refractivity contribution in [2.45, 2.75) is 26.0 Å². The number of aliphatic hydroxyl groups excluding tert-OH is 1. The van der Waals surface area contributed by atoms with E-state index in [0.717, 1.165) is 17.5 Å². The van der Waals surface area contributed by atoms with Crippen LogP contribution < -0.4 is 4.74 Å². The van der Waals surface area contributed by atoms with E-state index in [1.54, 1.807) is 30.6 Å². The van der Waals surface area contributed by atoms with Gasteiger partial charge in [-0.2, -0.15) is 0 Å². The van der Waals surface area contributed by atoms with Gasteiger partial charge in [-0.1, -0.05) is 19.1 Å². The van der Waals surface area contributed by atoms with Crippen molar-refractivity contribution in [2.75, 3.05) is 13.2 Å². The highest BCUT2D eigenvalue weighted by atomic mass is 16.5. The van der Waals surface area contributed by atoms with Gasteiger partial charge in [0, 0.05) is 0 Å². The lowest BCUT2D eigenvalue weighted by atomic mass is 10.2. The van der Waals surface area contributed by atoms with Crippen LogP contribution in [0.2, 0.25) is 0 Å². The Balaban J connectivity index is 1.52. The van der Waals surface area contributed by atoms with Gasteiger partial charge in [-0.25, -0.2) is 9.78 Å². The van der Waals surface area contributed by atoms with E-state index < -0.39 is 6.10 Å². The summed E-state index contributed by atoms with van der Waals surface area (Å²) in [5, 5.41) is 10.2. The fourth-order valence-electron chi connectivity index (χ4n) is 2.59. The molecule has 0 radical (unpaired) electrons. The van der Waals surface area contributed by atoms with Crippen molar-refractivity contribution >= 4 is 17.0 Å². The van der Waals surface area contributed by atoms with Crippen LogP contribution in [-0.2, 0) is 11.3 Å². The first-order valence-electron chi connectivity index (χ1n) is 8.65. The summed E-state index contributed by atoms with van der Waals surface area (Å²) in [4.78, 5) is 16.1. The van der Waals surface area contributed by atoms with Crippen LogP contribution in [0, 0.1) is 0 Å². The number of ether oxygens (including phenoxy) is 2. The van der Waals surface area contributed by atoms with Gasteiger partial charge in [0.1, 0.15) is 18.5 Å². The Morgan fingerprint density at radius 1 is 1.19 bits per heavy atom. The van der Waals surface area contributed by atoms with Crippen molar-refractivity contribution < 1.29 is 19.4 Å². The molecule has 1 heterocycles. The summed E-state index contributed by atoms with van der Waals surface area (Å²) < 4.78 is 12.6. The highest BCUT2D eigenvalue weighted by molar-refractivity contribution is 5.89. The zero-order valence-corrected chi connectivity index (χ0v) is 14.7. The number of nitrogens with zero attached hydrogens (tertiary/aromatic N) is 2. The molecule has 0 fully saturated rings. The minimum Gasteiger partial charge on any atom is -0.491 e. The van der Waals surface area contributed by atoms with E-state index in [-0.39, 0.29) is 12.6 Å². The number of rotatable bonds is 8. The van der Waals surface area contributed by atoms with Crippen LogP contribution in [0.15, 0.2) is 54.9 Å². The number of fused-ring (bicyclic) bond motifs is 1. The lowest BCUT2D eigenvalue weighted by molar-refractivity contribution is 0.0505. The van der Waals surface area contributed by atoms with Gasteiger partial charge in [0.25, 0.3) is 0 Å². The van der Waals surface area contributed by atoms with Gasteiger partial charge in [0.2, 0.25) is 0 Å². The molecule has 0 saturated carbocycles. The fourth-order valence-corrected chi connectivity index (χ4v) is 2.59.